The molecule has 0 spiro atoms. The number of carbonyl (C=O) groups excluding carboxylic acids is 2. The van der Waals surface area contributed by atoms with Gasteiger partial charge >= 0.3 is 0 Å². The Labute approximate surface area is 164 Å². The molecule has 6 heteroatoms. The Kier molecular flexibility index (Phi) is 6.42. The summed E-state index contributed by atoms with van der Waals surface area (Å²) in [6.07, 6.45) is 4.87. The number of hydrogen-bond donors (Lipinski definition) is 2. The molecule has 2 aromatic carbocycles. The van der Waals surface area contributed by atoms with Crippen molar-refractivity contribution in [2.45, 2.75) is 19.4 Å². The fraction of sp³-hybridized carbons (Fsp3) is 0.273. The van der Waals surface area contributed by atoms with E-state index >= 15 is 0 Å². The van der Waals surface area contributed by atoms with Crippen LogP contribution in [0.15, 0.2) is 54.6 Å². The van der Waals surface area contributed by atoms with Crippen LogP contribution in [0.3, 0.4) is 0 Å². The normalized spacial score (nSPS) is 16.9. The first-order valence-corrected chi connectivity index (χ1v) is 9.36. The molecule has 1 unspecified atom stereocenters. The van der Waals surface area contributed by atoms with E-state index in [4.69, 9.17) is 5.73 Å². The number of primary amides is 1. The topological polar surface area (TPSA) is 75.4 Å². The summed E-state index contributed by atoms with van der Waals surface area (Å²) >= 11 is 0. The summed E-state index contributed by atoms with van der Waals surface area (Å²) in [7, 11) is 0. The predicted octanol–water partition coefficient (Wildman–Crippen LogP) is 2.86. The summed E-state index contributed by atoms with van der Waals surface area (Å²) in [5.41, 5.74) is 8.24. The fourth-order valence-corrected chi connectivity index (χ4v) is 3.26. The molecule has 1 aliphatic rings. The summed E-state index contributed by atoms with van der Waals surface area (Å²) in [4.78, 5) is 25.5. The van der Waals surface area contributed by atoms with Crippen LogP contribution < -0.4 is 16.0 Å². The van der Waals surface area contributed by atoms with Gasteiger partial charge in [-0.15, -0.1) is 0 Å². The van der Waals surface area contributed by atoms with Crippen LogP contribution in [0.4, 0.5) is 10.1 Å². The van der Waals surface area contributed by atoms with Crippen molar-refractivity contribution < 1.29 is 14.0 Å². The molecule has 2 aromatic rings. The van der Waals surface area contributed by atoms with E-state index in [1.54, 1.807) is 18.2 Å². The molecule has 0 aliphatic carbocycles. The lowest BCUT2D eigenvalue weighted by atomic mass is 9.97. The second-order valence-corrected chi connectivity index (χ2v) is 6.96. The zero-order valence-corrected chi connectivity index (χ0v) is 15.6. The number of benzene rings is 2. The van der Waals surface area contributed by atoms with Gasteiger partial charge in [0, 0.05) is 31.4 Å². The Morgan fingerprint density at radius 2 is 1.86 bits per heavy atom. The summed E-state index contributed by atoms with van der Waals surface area (Å²) < 4.78 is 12.9. The van der Waals surface area contributed by atoms with Crippen LogP contribution >= 0.6 is 0 Å². The lowest BCUT2D eigenvalue weighted by Gasteiger charge is -2.33. The summed E-state index contributed by atoms with van der Waals surface area (Å²) in [6, 6.07) is 13.9. The fourth-order valence-electron chi connectivity index (χ4n) is 3.26. The molecule has 1 atom stereocenters. The largest absolute Gasteiger partial charge is 0.371 e. The van der Waals surface area contributed by atoms with E-state index in [0.29, 0.717) is 13.1 Å². The van der Waals surface area contributed by atoms with Crippen molar-refractivity contribution in [2.75, 3.05) is 18.0 Å². The minimum atomic E-state index is -0.306. The van der Waals surface area contributed by atoms with Crippen molar-refractivity contribution in [3.05, 3.63) is 71.6 Å². The van der Waals surface area contributed by atoms with Gasteiger partial charge in [0.25, 0.3) is 0 Å². The first-order valence-electron chi connectivity index (χ1n) is 9.36. The smallest absolute Gasteiger partial charge is 0.244 e. The van der Waals surface area contributed by atoms with Gasteiger partial charge in [0.1, 0.15) is 5.82 Å². The first kappa shape index (κ1) is 19.6. The molecule has 146 valence electrons. The highest BCUT2D eigenvalue weighted by atomic mass is 19.1. The van der Waals surface area contributed by atoms with Gasteiger partial charge in [-0.05, 0) is 54.3 Å². The van der Waals surface area contributed by atoms with E-state index in [-0.39, 0.29) is 23.5 Å². The van der Waals surface area contributed by atoms with Crippen molar-refractivity contribution in [1.82, 2.24) is 5.32 Å². The van der Waals surface area contributed by atoms with Crippen molar-refractivity contribution in [3.8, 4) is 0 Å². The highest BCUT2D eigenvalue weighted by Gasteiger charge is 2.23. The number of carbonyl (C=O) groups is 2. The van der Waals surface area contributed by atoms with E-state index < -0.39 is 0 Å². The Balaban J connectivity index is 1.50. The van der Waals surface area contributed by atoms with Gasteiger partial charge < -0.3 is 16.0 Å². The van der Waals surface area contributed by atoms with E-state index in [1.807, 2.05) is 24.3 Å². The average Bonchev–Trinajstić information content (AvgIpc) is 2.72. The number of nitrogens with zero attached hydrogens (tertiary/aromatic N) is 1. The van der Waals surface area contributed by atoms with Crippen LogP contribution in [0, 0.1) is 11.7 Å². The SMILES string of the molecule is NC(=O)C1CCCN(c2ccc(CNC(=O)/C=C/c3ccc(F)cc3)cc2)C1. The molecule has 28 heavy (non-hydrogen) atoms. The molecule has 0 radical (unpaired) electrons. The van der Waals surface area contributed by atoms with Crippen LogP contribution in [0.1, 0.15) is 24.0 Å². The minimum absolute atomic E-state index is 0.0967. The Bertz CT molecular complexity index is 847. The number of amides is 2. The number of hydrogen-bond acceptors (Lipinski definition) is 3. The average molecular weight is 381 g/mol. The quantitative estimate of drug-likeness (QED) is 0.756. The van der Waals surface area contributed by atoms with E-state index in [2.05, 4.69) is 10.2 Å². The number of nitrogens with two attached hydrogens (primary N) is 1. The number of nitrogens with one attached hydrogen (secondary N) is 1. The van der Waals surface area contributed by atoms with Gasteiger partial charge in [-0.3, -0.25) is 9.59 Å². The monoisotopic (exact) mass is 381 g/mol. The molecule has 3 N–H and O–H groups in total. The molecule has 0 saturated carbocycles. The molecule has 1 fully saturated rings. The number of rotatable bonds is 6. The number of halogens is 1. The zero-order valence-electron chi connectivity index (χ0n) is 15.6. The second-order valence-electron chi connectivity index (χ2n) is 6.96. The highest BCUT2D eigenvalue weighted by molar-refractivity contribution is 5.91. The number of piperidine rings is 1. The molecule has 3 rings (SSSR count). The standard InChI is InChI=1S/C22H24FN3O2/c23-19-8-3-16(4-9-19)7-12-21(27)25-14-17-5-10-20(11-6-17)26-13-1-2-18(15-26)22(24)28/h3-12,18H,1-2,13-15H2,(H2,24,28)(H,25,27)/b12-7+. The van der Waals surface area contributed by atoms with E-state index in [0.717, 1.165) is 36.2 Å². The molecule has 0 aromatic heterocycles. The van der Waals surface area contributed by atoms with Gasteiger partial charge in [-0.1, -0.05) is 24.3 Å². The van der Waals surface area contributed by atoms with E-state index in [1.165, 1.54) is 18.2 Å². The minimum Gasteiger partial charge on any atom is -0.371 e. The molecular formula is C22H24FN3O2. The third-order valence-corrected chi connectivity index (χ3v) is 4.89. The Morgan fingerprint density at radius 3 is 2.54 bits per heavy atom. The van der Waals surface area contributed by atoms with E-state index in [9.17, 15) is 14.0 Å². The van der Waals surface area contributed by atoms with Crippen molar-refractivity contribution in [1.29, 1.82) is 0 Å². The third-order valence-electron chi connectivity index (χ3n) is 4.89. The van der Waals surface area contributed by atoms with Gasteiger partial charge in [0.2, 0.25) is 11.8 Å². The van der Waals surface area contributed by atoms with Crippen LogP contribution in [0.2, 0.25) is 0 Å². The Hall–Kier alpha value is -3.15. The van der Waals surface area contributed by atoms with Crippen LogP contribution in [-0.2, 0) is 16.1 Å². The Morgan fingerprint density at radius 1 is 1.14 bits per heavy atom. The van der Waals surface area contributed by atoms with Crippen LogP contribution in [-0.4, -0.2) is 24.9 Å². The number of anilines is 1. The summed E-state index contributed by atoms with van der Waals surface area (Å²) in [5, 5.41) is 2.83. The molecule has 1 saturated heterocycles. The zero-order chi connectivity index (χ0) is 19.9. The molecule has 0 bridgehead atoms. The summed E-state index contributed by atoms with van der Waals surface area (Å²) in [6.45, 7) is 1.98. The highest BCUT2D eigenvalue weighted by Crippen LogP contribution is 2.23. The molecule has 1 heterocycles. The van der Waals surface area contributed by atoms with Gasteiger partial charge in [-0.25, -0.2) is 4.39 Å². The van der Waals surface area contributed by atoms with Gasteiger partial charge in [0.05, 0.1) is 5.92 Å². The van der Waals surface area contributed by atoms with Crippen molar-refractivity contribution >= 4 is 23.6 Å². The maximum absolute atomic E-state index is 12.9. The van der Waals surface area contributed by atoms with Gasteiger partial charge in [-0.2, -0.15) is 0 Å². The maximum Gasteiger partial charge on any atom is 0.244 e. The lowest BCUT2D eigenvalue weighted by molar-refractivity contribution is -0.122. The van der Waals surface area contributed by atoms with Crippen LogP contribution in [0.5, 0.6) is 0 Å². The van der Waals surface area contributed by atoms with Crippen LogP contribution in [0.25, 0.3) is 6.08 Å². The lowest BCUT2D eigenvalue weighted by Crippen LogP contribution is -2.41. The van der Waals surface area contributed by atoms with Gasteiger partial charge in [0.15, 0.2) is 0 Å². The first-order chi connectivity index (χ1) is 13.5. The second kappa shape index (κ2) is 9.17. The van der Waals surface area contributed by atoms with Crippen molar-refractivity contribution in [2.24, 2.45) is 11.7 Å². The molecular weight excluding hydrogens is 357 g/mol. The molecule has 2 amide bonds. The third kappa shape index (κ3) is 5.42. The molecule has 1 aliphatic heterocycles. The summed E-state index contributed by atoms with van der Waals surface area (Å²) in [5.74, 6) is -0.855. The van der Waals surface area contributed by atoms with Crippen molar-refractivity contribution in [3.63, 3.8) is 0 Å². The molecule has 5 nitrogen and oxygen atoms in total. The predicted molar refractivity (Wildman–Crippen MR) is 108 cm³/mol. The maximum atomic E-state index is 12.9.